The summed E-state index contributed by atoms with van der Waals surface area (Å²) >= 11 is 0. The third kappa shape index (κ3) is 5.85. The number of aliphatic hydroxyl groups excluding tert-OH is 1. The fourth-order valence-electron chi connectivity index (χ4n) is 1.46. The second-order valence-electron chi connectivity index (χ2n) is 4.39. The number of carbonyl (C=O) groups excluding carboxylic acids is 1. The Kier molecular flexibility index (Phi) is 6.07. The third-order valence-electron chi connectivity index (χ3n) is 2.57. The number of hydrogen-bond donors (Lipinski definition) is 2. The SMILES string of the molecule is CN(CC(O)C(F)(F)F)C(=O)Nc1cc(F)ccc1OC(F)F. The second kappa shape index (κ2) is 7.40. The molecule has 0 aromatic heterocycles. The summed E-state index contributed by atoms with van der Waals surface area (Å²) in [4.78, 5) is 12.1. The summed E-state index contributed by atoms with van der Waals surface area (Å²) in [6, 6.07) is 1.09. The molecule has 0 aliphatic carbocycles. The predicted octanol–water partition coefficient (Wildman–Crippen LogP) is 2.81. The van der Waals surface area contributed by atoms with Crippen LogP contribution in [0.1, 0.15) is 0 Å². The highest BCUT2D eigenvalue weighted by molar-refractivity contribution is 5.90. The topological polar surface area (TPSA) is 61.8 Å². The van der Waals surface area contributed by atoms with Gasteiger partial charge in [-0.15, -0.1) is 0 Å². The molecule has 1 aromatic carbocycles. The highest BCUT2D eigenvalue weighted by atomic mass is 19.4. The number of rotatable bonds is 5. The number of hydrogen-bond acceptors (Lipinski definition) is 3. The molecule has 1 rings (SSSR count). The van der Waals surface area contributed by atoms with Crippen LogP contribution in [0.5, 0.6) is 5.75 Å². The molecule has 2 amide bonds. The monoisotopic (exact) mass is 346 g/mol. The van der Waals surface area contributed by atoms with Crippen LogP contribution in [0, 0.1) is 5.82 Å². The first-order chi connectivity index (χ1) is 10.5. The molecule has 1 aromatic rings. The molecule has 11 heteroatoms. The lowest BCUT2D eigenvalue weighted by molar-refractivity contribution is -0.205. The molecule has 0 saturated heterocycles. The first kappa shape index (κ1) is 18.9. The second-order valence-corrected chi connectivity index (χ2v) is 4.39. The van der Waals surface area contributed by atoms with Crippen molar-refractivity contribution in [1.29, 1.82) is 0 Å². The van der Waals surface area contributed by atoms with Crippen LogP contribution in [0.3, 0.4) is 0 Å². The average Bonchev–Trinajstić information content (AvgIpc) is 2.40. The number of aliphatic hydroxyl groups is 1. The number of carbonyl (C=O) groups is 1. The van der Waals surface area contributed by atoms with Gasteiger partial charge in [-0.1, -0.05) is 0 Å². The summed E-state index contributed by atoms with van der Waals surface area (Å²) in [6.45, 7) is -4.35. The van der Waals surface area contributed by atoms with E-state index in [9.17, 15) is 31.1 Å². The third-order valence-corrected chi connectivity index (χ3v) is 2.57. The zero-order valence-corrected chi connectivity index (χ0v) is 11.6. The Morgan fingerprint density at radius 3 is 2.52 bits per heavy atom. The lowest BCUT2D eigenvalue weighted by Gasteiger charge is -2.23. The maximum Gasteiger partial charge on any atom is 0.416 e. The van der Waals surface area contributed by atoms with Crippen LogP contribution in [0.2, 0.25) is 0 Å². The summed E-state index contributed by atoms with van der Waals surface area (Å²) in [5.74, 6) is -1.46. The van der Waals surface area contributed by atoms with Crippen LogP contribution in [0.25, 0.3) is 0 Å². The lowest BCUT2D eigenvalue weighted by atomic mass is 10.3. The van der Waals surface area contributed by atoms with Crippen molar-refractivity contribution >= 4 is 11.7 Å². The molecular formula is C12H12F6N2O3. The first-order valence-electron chi connectivity index (χ1n) is 6.02. The quantitative estimate of drug-likeness (QED) is 0.806. The minimum absolute atomic E-state index is 0.454. The van der Waals surface area contributed by atoms with Crippen LogP contribution >= 0.6 is 0 Å². The Bertz CT molecular complexity index is 552. The van der Waals surface area contributed by atoms with Crippen molar-refractivity contribution in [3.05, 3.63) is 24.0 Å². The van der Waals surface area contributed by atoms with Crippen LogP contribution in [0.15, 0.2) is 18.2 Å². The van der Waals surface area contributed by atoms with E-state index in [1.807, 2.05) is 5.32 Å². The summed E-state index contributed by atoms with van der Waals surface area (Å²) in [6.07, 6.45) is -7.72. The maximum atomic E-state index is 13.1. The van der Waals surface area contributed by atoms with Crippen molar-refractivity contribution in [2.75, 3.05) is 18.9 Å². The predicted molar refractivity (Wildman–Crippen MR) is 66.7 cm³/mol. The minimum Gasteiger partial charge on any atom is -0.433 e. The van der Waals surface area contributed by atoms with E-state index in [4.69, 9.17) is 5.11 Å². The number of halogens is 6. The van der Waals surface area contributed by atoms with Gasteiger partial charge in [-0.05, 0) is 12.1 Å². The highest BCUT2D eigenvalue weighted by Gasteiger charge is 2.39. The van der Waals surface area contributed by atoms with E-state index < -0.39 is 48.7 Å². The van der Waals surface area contributed by atoms with Gasteiger partial charge >= 0.3 is 18.8 Å². The van der Waals surface area contributed by atoms with Gasteiger partial charge in [0.1, 0.15) is 11.6 Å². The molecule has 0 aliphatic heterocycles. The average molecular weight is 346 g/mol. The molecule has 0 fully saturated rings. The number of benzene rings is 1. The molecule has 1 unspecified atom stereocenters. The van der Waals surface area contributed by atoms with Gasteiger partial charge in [0.2, 0.25) is 0 Å². The van der Waals surface area contributed by atoms with Crippen LogP contribution < -0.4 is 10.1 Å². The molecule has 5 nitrogen and oxygen atoms in total. The van der Waals surface area contributed by atoms with E-state index in [2.05, 4.69) is 4.74 Å². The highest BCUT2D eigenvalue weighted by Crippen LogP contribution is 2.27. The van der Waals surface area contributed by atoms with Crippen molar-refractivity contribution in [3.63, 3.8) is 0 Å². The van der Waals surface area contributed by atoms with Crippen molar-refractivity contribution in [3.8, 4) is 5.75 Å². The van der Waals surface area contributed by atoms with Gasteiger partial charge in [0.05, 0.1) is 12.2 Å². The zero-order chi connectivity index (χ0) is 17.8. The summed E-state index contributed by atoms with van der Waals surface area (Å²) in [7, 11) is 0.928. The largest absolute Gasteiger partial charge is 0.433 e. The number of amides is 2. The molecule has 0 aliphatic rings. The number of alkyl halides is 5. The molecule has 0 bridgehead atoms. The lowest BCUT2D eigenvalue weighted by Crippen LogP contribution is -2.43. The zero-order valence-electron chi connectivity index (χ0n) is 11.6. The van der Waals surface area contributed by atoms with Gasteiger partial charge in [-0.2, -0.15) is 22.0 Å². The molecule has 0 radical (unpaired) electrons. The number of nitrogens with one attached hydrogen (secondary N) is 1. The Morgan fingerprint density at radius 2 is 2.00 bits per heavy atom. The number of anilines is 1. The fraction of sp³-hybridized carbons (Fsp3) is 0.417. The molecule has 0 spiro atoms. The van der Waals surface area contributed by atoms with Crippen molar-refractivity contribution in [1.82, 2.24) is 4.90 Å². The van der Waals surface area contributed by atoms with E-state index in [0.717, 1.165) is 19.2 Å². The fourth-order valence-corrected chi connectivity index (χ4v) is 1.46. The van der Waals surface area contributed by atoms with Crippen molar-refractivity contribution < 1.29 is 41.0 Å². The smallest absolute Gasteiger partial charge is 0.416 e. The molecule has 130 valence electrons. The minimum atomic E-state index is -4.93. The molecule has 1 atom stereocenters. The van der Waals surface area contributed by atoms with E-state index in [1.165, 1.54) is 0 Å². The van der Waals surface area contributed by atoms with Gasteiger partial charge < -0.3 is 20.1 Å². The Morgan fingerprint density at radius 1 is 1.39 bits per heavy atom. The number of nitrogens with zero attached hydrogens (tertiary/aromatic N) is 1. The summed E-state index contributed by atoms with van der Waals surface area (Å²) in [5.41, 5.74) is -0.497. The van der Waals surface area contributed by atoms with Crippen LogP contribution in [-0.4, -0.2) is 48.5 Å². The van der Waals surface area contributed by atoms with Gasteiger partial charge in [0.25, 0.3) is 0 Å². The first-order valence-corrected chi connectivity index (χ1v) is 6.02. The molecule has 2 N–H and O–H groups in total. The van der Waals surface area contributed by atoms with E-state index >= 15 is 0 Å². The van der Waals surface area contributed by atoms with Crippen LogP contribution in [-0.2, 0) is 0 Å². The van der Waals surface area contributed by atoms with E-state index in [-0.39, 0.29) is 0 Å². The summed E-state index contributed by atoms with van der Waals surface area (Å²) in [5, 5.41) is 10.8. The van der Waals surface area contributed by atoms with Gasteiger partial charge in [-0.25, -0.2) is 9.18 Å². The van der Waals surface area contributed by atoms with Crippen LogP contribution in [0.4, 0.5) is 36.8 Å². The Labute approximate surface area is 126 Å². The molecule has 0 heterocycles. The number of urea groups is 1. The maximum absolute atomic E-state index is 13.1. The van der Waals surface area contributed by atoms with Gasteiger partial charge in [-0.3, -0.25) is 0 Å². The molecular weight excluding hydrogens is 334 g/mol. The van der Waals surface area contributed by atoms with Gasteiger partial charge in [0.15, 0.2) is 6.10 Å². The van der Waals surface area contributed by atoms with E-state index in [1.54, 1.807) is 0 Å². The Balaban J connectivity index is 2.82. The molecule has 23 heavy (non-hydrogen) atoms. The standard InChI is InChI=1S/C12H12F6N2O3/c1-20(5-9(21)12(16,17)18)11(22)19-7-4-6(13)2-3-8(7)23-10(14)15/h2-4,9-10,21H,5H2,1H3,(H,19,22). The van der Waals surface area contributed by atoms with Crippen molar-refractivity contribution in [2.24, 2.45) is 0 Å². The Hall–Kier alpha value is -2.17. The number of ether oxygens (including phenoxy) is 1. The van der Waals surface area contributed by atoms with Crippen molar-refractivity contribution in [2.45, 2.75) is 18.9 Å². The summed E-state index contributed by atoms with van der Waals surface area (Å²) < 4.78 is 78.2. The van der Waals surface area contributed by atoms with Gasteiger partial charge in [0, 0.05) is 13.1 Å². The van der Waals surface area contributed by atoms with E-state index in [0.29, 0.717) is 11.0 Å². The molecule has 0 saturated carbocycles. The normalized spacial score (nSPS) is 12.9. The number of likely N-dealkylation sites (N-methyl/N-ethyl adjacent to an activating group) is 1.